The van der Waals surface area contributed by atoms with Gasteiger partial charge in [0.15, 0.2) is 5.65 Å². The summed E-state index contributed by atoms with van der Waals surface area (Å²) in [5, 5.41) is 5.49. The Labute approximate surface area is 143 Å². The van der Waals surface area contributed by atoms with Crippen molar-refractivity contribution in [3.8, 4) is 0 Å². The third kappa shape index (κ3) is 2.81. The lowest BCUT2D eigenvalue weighted by Crippen LogP contribution is -2.47. The molecule has 7 nitrogen and oxygen atoms in total. The van der Waals surface area contributed by atoms with Crippen LogP contribution in [0.1, 0.15) is 26.2 Å². The van der Waals surface area contributed by atoms with E-state index < -0.39 is 0 Å². The van der Waals surface area contributed by atoms with Crippen LogP contribution in [0.3, 0.4) is 0 Å². The van der Waals surface area contributed by atoms with Crippen LogP contribution >= 0.6 is 0 Å². The minimum absolute atomic E-state index is 0.865. The van der Waals surface area contributed by atoms with Gasteiger partial charge in [0.25, 0.3) is 0 Å². The van der Waals surface area contributed by atoms with E-state index in [1.54, 1.807) is 0 Å². The number of rotatable bonds is 4. The number of nitrogens with zero attached hydrogens (tertiary/aromatic N) is 7. The van der Waals surface area contributed by atoms with Gasteiger partial charge in [-0.05, 0) is 25.8 Å². The molecular formula is C17H27N7. The lowest BCUT2D eigenvalue weighted by atomic mass is 10.3. The molecule has 2 aromatic heterocycles. The lowest BCUT2D eigenvalue weighted by Gasteiger charge is -2.34. The van der Waals surface area contributed by atoms with Crippen molar-refractivity contribution in [2.45, 2.75) is 26.2 Å². The molecule has 0 bridgehead atoms. The first-order chi connectivity index (χ1) is 11.8. The molecule has 2 saturated heterocycles. The van der Waals surface area contributed by atoms with Gasteiger partial charge in [-0.15, -0.1) is 0 Å². The highest BCUT2D eigenvalue weighted by molar-refractivity contribution is 5.88. The molecule has 0 amide bonds. The van der Waals surface area contributed by atoms with Crippen molar-refractivity contribution in [3.05, 3.63) is 6.20 Å². The number of hydrogen-bond donors (Lipinski definition) is 0. The van der Waals surface area contributed by atoms with Crippen LogP contribution in [0.25, 0.3) is 11.0 Å². The van der Waals surface area contributed by atoms with E-state index in [-0.39, 0.29) is 0 Å². The maximum Gasteiger partial charge on any atom is 0.229 e. The molecule has 130 valence electrons. The number of anilines is 2. The Morgan fingerprint density at radius 3 is 2.42 bits per heavy atom. The molecule has 0 N–H and O–H groups in total. The second-order valence-electron chi connectivity index (χ2n) is 6.88. The zero-order valence-corrected chi connectivity index (χ0v) is 14.8. The molecule has 0 unspecified atom stereocenters. The van der Waals surface area contributed by atoms with Crippen LogP contribution in [0.5, 0.6) is 0 Å². The van der Waals surface area contributed by atoms with Crippen molar-refractivity contribution in [1.29, 1.82) is 0 Å². The molecule has 4 rings (SSSR count). The summed E-state index contributed by atoms with van der Waals surface area (Å²) < 4.78 is 1.87. The minimum Gasteiger partial charge on any atom is -0.356 e. The summed E-state index contributed by atoms with van der Waals surface area (Å²) in [7, 11) is 1.96. The van der Waals surface area contributed by atoms with Crippen molar-refractivity contribution < 1.29 is 0 Å². The van der Waals surface area contributed by atoms with Gasteiger partial charge in [-0.25, -0.2) is 0 Å². The largest absolute Gasteiger partial charge is 0.356 e. The molecule has 0 atom stereocenters. The summed E-state index contributed by atoms with van der Waals surface area (Å²) in [5.41, 5.74) is 0.942. The van der Waals surface area contributed by atoms with E-state index >= 15 is 0 Å². The minimum atomic E-state index is 0.865. The summed E-state index contributed by atoms with van der Waals surface area (Å²) in [4.78, 5) is 17.0. The number of hydrogen-bond acceptors (Lipinski definition) is 6. The van der Waals surface area contributed by atoms with Crippen molar-refractivity contribution in [3.63, 3.8) is 0 Å². The van der Waals surface area contributed by atoms with Crippen LogP contribution < -0.4 is 9.80 Å². The van der Waals surface area contributed by atoms with Crippen LogP contribution in [-0.2, 0) is 7.05 Å². The highest BCUT2D eigenvalue weighted by Gasteiger charge is 2.24. The van der Waals surface area contributed by atoms with Gasteiger partial charge in [-0.1, -0.05) is 6.92 Å². The van der Waals surface area contributed by atoms with Gasteiger partial charge in [0, 0.05) is 46.3 Å². The van der Waals surface area contributed by atoms with Crippen LogP contribution in [0.15, 0.2) is 6.20 Å². The smallest absolute Gasteiger partial charge is 0.229 e. The Morgan fingerprint density at radius 1 is 0.958 bits per heavy atom. The van der Waals surface area contributed by atoms with Crippen molar-refractivity contribution in [1.82, 2.24) is 24.6 Å². The molecule has 7 heteroatoms. The average molecular weight is 329 g/mol. The maximum atomic E-state index is 4.96. The predicted octanol–water partition coefficient (Wildman–Crippen LogP) is 1.50. The molecule has 2 aliphatic rings. The summed E-state index contributed by atoms with van der Waals surface area (Å²) in [6, 6.07) is 0. The molecule has 2 fully saturated rings. The number of aryl methyl sites for hydroxylation is 1. The Hall–Kier alpha value is -1.89. The van der Waals surface area contributed by atoms with Crippen LogP contribution in [0.4, 0.5) is 11.8 Å². The molecule has 2 aliphatic heterocycles. The molecule has 24 heavy (non-hydrogen) atoms. The number of aromatic nitrogens is 4. The zero-order chi connectivity index (χ0) is 16.5. The molecule has 2 aromatic rings. The fraction of sp³-hybridized carbons (Fsp3) is 0.706. The Balaban J connectivity index is 1.64. The van der Waals surface area contributed by atoms with Gasteiger partial charge in [0.2, 0.25) is 5.95 Å². The fourth-order valence-electron chi connectivity index (χ4n) is 3.80. The van der Waals surface area contributed by atoms with E-state index in [1.165, 1.54) is 25.8 Å². The highest BCUT2D eigenvalue weighted by Crippen LogP contribution is 2.29. The van der Waals surface area contributed by atoms with E-state index in [9.17, 15) is 0 Å². The first kappa shape index (κ1) is 15.6. The quantitative estimate of drug-likeness (QED) is 0.847. The van der Waals surface area contributed by atoms with Gasteiger partial charge in [-0.3, -0.25) is 9.58 Å². The van der Waals surface area contributed by atoms with Crippen molar-refractivity contribution >= 4 is 22.8 Å². The van der Waals surface area contributed by atoms with E-state index in [1.807, 2.05) is 17.9 Å². The standard InChI is InChI=1S/C17H27N7/c1-3-6-22-9-11-24(12-10-22)17-19-15-14(13-18-21(15)2)16(20-17)23-7-4-5-8-23/h13H,3-12H2,1-2H3. The molecule has 0 radical (unpaired) electrons. The molecule has 4 heterocycles. The van der Waals surface area contributed by atoms with Crippen LogP contribution in [0.2, 0.25) is 0 Å². The lowest BCUT2D eigenvalue weighted by molar-refractivity contribution is 0.257. The summed E-state index contributed by atoms with van der Waals surface area (Å²) >= 11 is 0. The molecule has 0 aliphatic carbocycles. The number of piperazine rings is 1. The Bertz CT molecular complexity index is 696. The Kier molecular flexibility index (Phi) is 4.26. The molecule has 0 aromatic carbocycles. The molecule has 0 spiro atoms. The summed E-state index contributed by atoms with van der Waals surface area (Å²) in [5.74, 6) is 1.93. The maximum absolute atomic E-state index is 4.96. The first-order valence-corrected chi connectivity index (χ1v) is 9.18. The van der Waals surface area contributed by atoms with Gasteiger partial charge in [0.05, 0.1) is 11.6 Å². The van der Waals surface area contributed by atoms with E-state index in [4.69, 9.17) is 9.97 Å². The van der Waals surface area contributed by atoms with Gasteiger partial charge < -0.3 is 9.80 Å². The van der Waals surface area contributed by atoms with Crippen LogP contribution in [0, 0.1) is 0 Å². The van der Waals surface area contributed by atoms with Gasteiger partial charge in [-0.2, -0.15) is 15.1 Å². The van der Waals surface area contributed by atoms with Gasteiger partial charge in [0.1, 0.15) is 5.82 Å². The Morgan fingerprint density at radius 2 is 1.71 bits per heavy atom. The third-order valence-corrected chi connectivity index (χ3v) is 5.16. The zero-order valence-electron chi connectivity index (χ0n) is 14.8. The average Bonchev–Trinajstić information content (AvgIpc) is 3.26. The van der Waals surface area contributed by atoms with E-state index in [0.717, 1.165) is 62.1 Å². The number of fused-ring (bicyclic) bond motifs is 1. The predicted molar refractivity (Wildman–Crippen MR) is 96.7 cm³/mol. The van der Waals surface area contributed by atoms with Crippen LogP contribution in [-0.4, -0.2) is 70.5 Å². The summed E-state index contributed by atoms with van der Waals surface area (Å²) in [6.07, 6.45) is 5.62. The van der Waals surface area contributed by atoms with Gasteiger partial charge >= 0.3 is 0 Å². The second-order valence-corrected chi connectivity index (χ2v) is 6.88. The van der Waals surface area contributed by atoms with E-state index in [0.29, 0.717) is 0 Å². The topological polar surface area (TPSA) is 53.3 Å². The second kappa shape index (κ2) is 6.55. The monoisotopic (exact) mass is 329 g/mol. The van der Waals surface area contributed by atoms with Crippen molar-refractivity contribution in [2.24, 2.45) is 7.05 Å². The van der Waals surface area contributed by atoms with E-state index in [2.05, 4.69) is 26.7 Å². The third-order valence-electron chi connectivity index (χ3n) is 5.16. The molecular weight excluding hydrogens is 302 g/mol. The van der Waals surface area contributed by atoms with Crippen molar-refractivity contribution in [2.75, 3.05) is 55.6 Å². The fourth-order valence-corrected chi connectivity index (χ4v) is 3.80. The molecule has 0 saturated carbocycles. The highest BCUT2D eigenvalue weighted by atomic mass is 15.4. The first-order valence-electron chi connectivity index (χ1n) is 9.18. The summed E-state index contributed by atoms with van der Waals surface area (Å²) in [6.45, 7) is 9.81. The SMILES string of the molecule is CCCN1CCN(c2nc(N3CCCC3)c3cnn(C)c3n2)CC1. The normalized spacial score (nSPS) is 19.6.